The van der Waals surface area contributed by atoms with E-state index >= 15 is 0 Å². The number of ether oxygens (including phenoxy) is 1. The monoisotopic (exact) mass is 244 g/mol. The van der Waals surface area contributed by atoms with Gasteiger partial charge in [0.05, 0.1) is 5.60 Å². The predicted octanol–water partition coefficient (Wildman–Crippen LogP) is 2.79. The summed E-state index contributed by atoms with van der Waals surface area (Å²) in [6.07, 6.45) is 2.03. The molecule has 0 amide bonds. The van der Waals surface area contributed by atoms with Gasteiger partial charge in [-0.2, -0.15) is 0 Å². The molecule has 2 aliphatic heterocycles. The topological polar surface area (TPSA) is 36.3 Å². The molecular formula is C15H20N2O. The largest absolute Gasteiger partial charge is 0.375 e. The summed E-state index contributed by atoms with van der Waals surface area (Å²) >= 11 is 0. The molecule has 1 saturated heterocycles. The zero-order valence-electron chi connectivity index (χ0n) is 11.1. The van der Waals surface area contributed by atoms with Gasteiger partial charge in [-0.1, -0.05) is 24.3 Å². The fraction of sp³-hybridized carbons (Fsp3) is 0.533. The molecule has 0 aromatic heterocycles. The van der Waals surface area contributed by atoms with Gasteiger partial charge in [-0.3, -0.25) is 5.41 Å². The molecule has 96 valence electrons. The summed E-state index contributed by atoms with van der Waals surface area (Å²) in [6.45, 7) is 5.98. The van der Waals surface area contributed by atoms with Gasteiger partial charge < -0.3 is 9.64 Å². The zero-order chi connectivity index (χ0) is 12.8. The van der Waals surface area contributed by atoms with Crippen molar-refractivity contribution in [2.75, 3.05) is 6.61 Å². The van der Waals surface area contributed by atoms with Crippen molar-refractivity contribution in [2.24, 2.45) is 0 Å². The molecule has 0 saturated carbocycles. The summed E-state index contributed by atoms with van der Waals surface area (Å²) in [5.41, 5.74) is 2.33. The van der Waals surface area contributed by atoms with Gasteiger partial charge in [-0.15, -0.1) is 0 Å². The Labute approximate surface area is 108 Å². The van der Waals surface area contributed by atoms with Crippen molar-refractivity contribution in [2.45, 2.75) is 44.9 Å². The molecule has 18 heavy (non-hydrogen) atoms. The van der Waals surface area contributed by atoms with Crippen molar-refractivity contribution in [3.05, 3.63) is 35.4 Å². The van der Waals surface area contributed by atoms with Crippen molar-refractivity contribution < 1.29 is 4.74 Å². The van der Waals surface area contributed by atoms with Crippen molar-refractivity contribution in [3.63, 3.8) is 0 Å². The van der Waals surface area contributed by atoms with Crippen LogP contribution in [0.25, 0.3) is 0 Å². The van der Waals surface area contributed by atoms with E-state index in [1.54, 1.807) is 0 Å². The van der Waals surface area contributed by atoms with Crippen molar-refractivity contribution in [3.8, 4) is 0 Å². The van der Waals surface area contributed by atoms with E-state index in [0.717, 1.165) is 31.6 Å². The van der Waals surface area contributed by atoms with Gasteiger partial charge in [-0.05, 0) is 32.3 Å². The molecule has 1 unspecified atom stereocenters. The Morgan fingerprint density at radius 3 is 2.83 bits per heavy atom. The second-order valence-corrected chi connectivity index (χ2v) is 5.89. The van der Waals surface area contributed by atoms with Gasteiger partial charge in [0.2, 0.25) is 0 Å². The van der Waals surface area contributed by atoms with Gasteiger partial charge in [0.1, 0.15) is 5.84 Å². The van der Waals surface area contributed by atoms with Crippen LogP contribution in [0.3, 0.4) is 0 Å². The average Bonchev–Trinajstić information content (AvgIpc) is 2.66. The van der Waals surface area contributed by atoms with Crippen LogP contribution in [-0.4, -0.2) is 29.0 Å². The highest BCUT2D eigenvalue weighted by Gasteiger charge is 2.36. The molecule has 0 bridgehead atoms. The van der Waals surface area contributed by atoms with Crippen LogP contribution < -0.4 is 0 Å². The van der Waals surface area contributed by atoms with Crippen molar-refractivity contribution in [1.29, 1.82) is 5.41 Å². The number of rotatable bonds is 1. The molecule has 0 radical (unpaired) electrons. The molecule has 3 nitrogen and oxygen atoms in total. The normalized spacial score (nSPS) is 26.2. The maximum absolute atomic E-state index is 8.34. The molecule has 2 aliphatic rings. The number of hydrogen-bond acceptors (Lipinski definition) is 2. The molecule has 0 spiro atoms. The van der Waals surface area contributed by atoms with Crippen LogP contribution >= 0.6 is 0 Å². The van der Waals surface area contributed by atoms with E-state index in [9.17, 15) is 0 Å². The lowest BCUT2D eigenvalue weighted by Crippen LogP contribution is -2.46. The van der Waals surface area contributed by atoms with E-state index in [1.165, 1.54) is 5.56 Å². The number of hydrogen-bond donors (Lipinski definition) is 1. The van der Waals surface area contributed by atoms with Crippen LogP contribution in [0.2, 0.25) is 0 Å². The van der Waals surface area contributed by atoms with Gasteiger partial charge in [0.15, 0.2) is 0 Å². The third kappa shape index (κ3) is 1.93. The van der Waals surface area contributed by atoms with E-state index in [0.29, 0.717) is 11.9 Å². The molecule has 0 aliphatic carbocycles. The summed E-state index contributed by atoms with van der Waals surface area (Å²) in [5.74, 6) is 0.688. The predicted molar refractivity (Wildman–Crippen MR) is 71.9 cm³/mol. The van der Waals surface area contributed by atoms with Crippen LogP contribution in [-0.2, 0) is 11.3 Å². The molecule has 2 heterocycles. The van der Waals surface area contributed by atoms with Crippen molar-refractivity contribution >= 4 is 5.84 Å². The minimum atomic E-state index is -0.0576. The number of amidine groups is 1. The first-order valence-corrected chi connectivity index (χ1v) is 6.64. The standard InChI is InChI=1S/C15H20N2O/c1-15(2)9-12(7-8-18-15)17-10-11-5-3-4-6-13(11)14(17)16/h3-6,12,16H,7-10H2,1-2H3. The Balaban J connectivity index is 1.82. The third-order valence-electron chi connectivity index (χ3n) is 4.01. The van der Waals surface area contributed by atoms with Crippen LogP contribution in [0.1, 0.15) is 37.8 Å². The van der Waals surface area contributed by atoms with E-state index in [-0.39, 0.29) is 5.60 Å². The maximum atomic E-state index is 8.34. The zero-order valence-corrected chi connectivity index (χ0v) is 11.1. The SMILES string of the molecule is CC1(C)CC(N2Cc3ccccc3C2=N)CCO1. The molecule has 1 N–H and O–H groups in total. The molecule has 3 heteroatoms. The lowest BCUT2D eigenvalue weighted by Gasteiger charge is -2.40. The van der Waals surface area contributed by atoms with Gasteiger partial charge in [0.25, 0.3) is 0 Å². The number of fused-ring (bicyclic) bond motifs is 1. The lowest BCUT2D eigenvalue weighted by atomic mass is 9.93. The average molecular weight is 244 g/mol. The highest BCUT2D eigenvalue weighted by atomic mass is 16.5. The number of nitrogens with zero attached hydrogens (tertiary/aromatic N) is 1. The maximum Gasteiger partial charge on any atom is 0.128 e. The summed E-state index contributed by atoms with van der Waals surface area (Å²) < 4.78 is 5.77. The Morgan fingerprint density at radius 2 is 2.11 bits per heavy atom. The first kappa shape index (κ1) is 11.7. The molecule has 1 atom stereocenters. The Bertz CT molecular complexity index is 481. The van der Waals surface area contributed by atoms with Gasteiger partial charge >= 0.3 is 0 Å². The summed E-state index contributed by atoms with van der Waals surface area (Å²) in [6, 6.07) is 8.71. The smallest absolute Gasteiger partial charge is 0.128 e. The second-order valence-electron chi connectivity index (χ2n) is 5.89. The van der Waals surface area contributed by atoms with E-state index in [4.69, 9.17) is 10.1 Å². The first-order valence-electron chi connectivity index (χ1n) is 6.64. The quantitative estimate of drug-likeness (QED) is 0.824. The van der Waals surface area contributed by atoms with Crippen LogP contribution in [0.5, 0.6) is 0 Å². The van der Waals surface area contributed by atoms with E-state index in [2.05, 4.69) is 36.9 Å². The van der Waals surface area contributed by atoms with Crippen LogP contribution in [0, 0.1) is 5.41 Å². The fourth-order valence-corrected chi connectivity index (χ4v) is 3.08. The first-order chi connectivity index (χ1) is 8.57. The summed E-state index contributed by atoms with van der Waals surface area (Å²) in [5, 5.41) is 8.34. The van der Waals surface area contributed by atoms with Crippen LogP contribution in [0.15, 0.2) is 24.3 Å². The minimum absolute atomic E-state index is 0.0576. The third-order valence-corrected chi connectivity index (χ3v) is 4.01. The van der Waals surface area contributed by atoms with Crippen LogP contribution in [0.4, 0.5) is 0 Å². The minimum Gasteiger partial charge on any atom is -0.375 e. The molecule has 3 rings (SSSR count). The molecule has 1 aromatic rings. The lowest BCUT2D eigenvalue weighted by molar-refractivity contribution is -0.0748. The Morgan fingerprint density at radius 1 is 1.33 bits per heavy atom. The second kappa shape index (κ2) is 4.09. The highest BCUT2D eigenvalue weighted by Crippen LogP contribution is 2.32. The molecule has 1 fully saturated rings. The Kier molecular flexibility index (Phi) is 2.67. The van der Waals surface area contributed by atoms with E-state index in [1.807, 2.05) is 6.07 Å². The number of benzene rings is 1. The van der Waals surface area contributed by atoms with Gasteiger partial charge in [0, 0.05) is 24.8 Å². The highest BCUT2D eigenvalue weighted by molar-refractivity contribution is 6.00. The fourth-order valence-electron chi connectivity index (χ4n) is 3.08. The number of nitrogens with one attached hydrogen (secondary N) is 1. The summed E-state index contributed by atoms with van der Waals surface area (Å²) in [4.78, 5) is 2.24. The molecule has 1 aromatic carbocycles. The molecular weight excluding hydrogens is 224 g/mol. The summed E-state index contributed by atoms with van der Waals surface area (Å²) in [7, 11) is 0. The van der Waals surface area contributed by atoms with E-state index < -0.39 is 0 Å². The van der Waals surface area contributed by atoms with Crippen molar-refractivity contribution in [1.82, 2.24) is 4.90 Å². The Hall–Kier alpha value is -1.35. The van der Waals surface area contributed by atoms with Gasteiger partial charge in [-0.25, -0.2) is 0 Å².